The van der Waals surface area contributed by atoms with Gasteiger partial charge in [-0.05, 0) is 18.2 Å². The maximum atomic E-state index is 10.3. The quantitative estimate of drug-likeness (QED) is 0.880. The van der Waals surface area contributed by atoms with Crippen molar-refractivity contribution < 1.29 is 14.3 Å². The van der Waals surface area contributed by atoms with E-state index in [2.05, 4.69) is 20.9 Å². The molecule has 1 aromatic heterocycles. The minimum absolute atomic E-state index is 0.0476. The molecule has 2 aromatic rings. The van der Waals surface area contributed by atoms with Crippen LogP contribution in [0.4, 0.5) is 0 Å². The Hall–Kier alpha value is -1.01. The van der Waals surface area contributed by atoms with Crippen molar-refractivity contribution in [2.24, 2.45) is 0 Å². The molecule has 15 heavy (non-hydrogen) atoms. The highest BCUT2D eigenvalue weighted by Gasteiger charge is 2.08. The van der Waals surface area contributed by atoms with Crippen LogP contribution >= 0.6 is 27.7 Å². The summed E-state index contributed by atoms with van der Waals surface area (Å²) in [4.78, 5) is 14.5. The molecule has 0 aliphatic rings. The maximum Gasteiger partial charge on any atom is 0.314 e. The molecule has 1 heterocycles. The molecule has 2 rings (SSSR count). The van der Waals surface area contributed by atoms with E-state index in [4.69, 9.17) is 9.52 Å². The second-order valence-corrected chi connectivity index (χ2v) is 4.62. The average molecular weight is 288 g/mol. The Kier molecular flexibility index (Phi) is 2.97. The predicted octanol–water partition coefficient (Wildman–Crippen LogP) is 2.77. The molecular formula is C9H6BrNO3S. The van der Waals surface area contributed by atoms with Crippen molar-refractivity contribution >= 4 is 44.8 Å². The zero-order chi connectivity index (χ0) is 10.8. The van der Waals surface area contributed by atoms with E-state index in [1.165, 1.54) is 0 Å². The standard InChI is InChI=1S/C9H6BrNO3S/c10-5-1-2-6-7(3-5)14-9(11-6)15-4-8(12)13/h1-3H,4H2,(H,12,13). The fourth-order valence-corrected chi connectivity index (χ4v) is 1.96. The van der Waals surface area contributed by atoms with E-state index >= 15 is 0 Å². The summed E-state index contributed by atoms with van der Waals surface area (Å²) < 4.78 is 6.26. The lowest BCUT2D eigenvalue weighted by molar-refractivity contribution is -0.133. The van der Waals surface area contributed by atoms with E-state index in [0.717, 1.165) is 21.8 Å². The molecule has 4 nitrogen and oxygen atoms in total. The summed E-state index contributed by atoms with van der Waals surface area (Å²) in [5, 5.41) is 8.88. The molecule has 1 N–H and O–H groups in total. The van der Waals surface area contributed by atoms with Crippen molar-refractivity contribution in [2.45, 2.75) is 5.22 Å². The van der Waals surface area contributed by atoms with Crippen LogP contribution in [-0.2, 0) is 4.79 Å². The van der Waals surface area contributed by atoms with Crippen molar-refractivity contribution in [3.05, 3.63) is 22.7 Å². The Morgan fingerprint density at radius 1 is 1.60 bits per heavy atom. The number of benzene rings is 1. The summed E-state index contributed by atoms with van der Waals surface area (Å²) >= 11 is 4.38. The number of hydrogen-bond donors (Lipinski definition) is 1. The topological polar surface area (TPSA) is 63.3 Å². The van der Waals surface area contributed by atoms with Gasteiger partial charge in [0.2, 0.25) is 0 Å². The number of aliphatic carboxylic acids is 1. The number of hydrogen-bond acceptors (Lipinski definition) is 4. The van der Waals surface area contributed by atoms with E-state index in [1.807, 2.05) is 12.1 Å². The van der Waals surface area contributed by atoms with Gasteiger partial charge in [-0.3, -0.25) is 4.79 Å². The lowest BCUT2D eigenvalue weighted by atomic mass is 10.3. The van der Waals surface area contributed by atoms with Gasteiger partial charge in [-0.2, -0.15) is 0 Å². The Bertz CT molecular complexity index is 511. The molecule has 0 bridgehead atoms. The Balaban J connectivity index is 2.27. The van der Waals surface area contributed by atoms with Crippen LogP contribution in [0.1, 0.15) is 0 Å². The van der Waals surface area contributed by atoms with Gasteiger partial charge in [-0.1, -0.05) is 27.7 Å². The number of carbonyl (C=O) groups is 1. The summed E-state index contributed by atoms with van der Waals surface area (Å²) in [5.41, 5.74) is 1.38. The molecular weight excluding hydrogens is 282 g/mol. The average Bonchev–Trinajstić information content (AvgIpc) is 2.56. The molecule has 0 amide bonds. The first-order chi connectivity index (χ1) is 7.15. The maximum absolute atomic E-state index is 10.3. The third kappa shape index (κ3) is 2.51. The summed E-state index contributed by atoms with van der Waals surface area (Å²) in [6.45, 7) is 0. The van der Waals surface area contributed by atoms with Gasteiger partial charge < -0.3 is 9.52 Å². The zero-order valence-electron chi connectivity index (χ0n) is 7.44. The van der Waals surface area contributed by atoms with Crippen LogP contribution in [0.2, 0.25) is 0 Å². The third-order valence-corrected chi connectivity index (χ3v) is 2.96. The van der Waals surface area contributed by atoms with Crippen LogP contribution in [0.5, 0.6) is 0 Å². The van der Waals surface area contributed by atoms with Crippen molar-refractivity contribution in [1.29, 1.82) is 0 Å². The predicted molar refractivity (Wildman–Crippen MR) is 60.1 cm³/mol. The van der Waals surface area contributed by atoms with Gasteiger partial charge in [0.15, 0.2) is 5.58 Å². The molecule has 0 aliphatic heterocycles. The highest BCUT2D eigenvalue weighted by atomic mass is 79.9. The molecule has 0 saturated heterocycles. The van der Waals surface area contributed by atoms with Crippen LogP contribution in [0.25, 0.3) is 11.1 Å². The molecule has 0 aliphatic carbocycles. The smallest absolute Gasteiger partial charge is 0.314 e. The molecule has 1 aromatic carbocycles. The van der Waals surface area contributed by atoms with Crippen molar-refractivity contribution in [2.75, 3.05) is 5.75 Å². The first-order valence-electron chi connectivity index (χ1n) is 4.06. The number of halogens is 1. The van der Waals surface area contributed by atoms with E-state index in [-0.39, 0.29) is 5.75 Å². The number of fused-ring (bicyclic) bond motifs is 1. The Labute approximate surface area is 97.8 Å². The number of aromatic nitrogens is 1. The van der Waals surface area contributed by atoms with Crippen LogP contribution < -0.4 is 0 Å². The zero-order valence-corrected chi connectivity index (χ0v) is 9.84. The summed E-state index contributed by atoms with van der Waals surface area (Å²) in [7, 11) is 0. The highest BCUT2D eigenvalue weighted by Crippen LogP contribution is 2.25. The second-order valence-electron chi connectivity index (χ2n) is 2.77. The van der Waals surface area contributed by atoms with Crippen LogP contribution in [-0.4, -0.2) is 21.8 Å². The molecule has 0 spiro atoms. The summed E-state index contributed by atoms with van der Waals surface area (Å²) in [5.74, 6) is -0.933. The van der Waals surface area contributed by atoms with Crippen molar-refractivity contribution in [3.63, 3.8) is 0 Å². The van der Waals surface area contributed by atoms with Gasteiger partial charge in [0.1, 0.15) is 11.3 Å². The molecule has 0 atom stereocenters. The molecule has 0 radical (unpaired) electrons. The number of rotatable bonds is 3. The summed E-state index contributed by atoms with van der Waals surface area (Å²) in [6.07, 6.45) is 0. The van der Waals surface area contributed by atoms with Gasteiger partial charge >= 0.3 is 5.97 Å². The molecule has 0 fully saturated rings. The van der Waals surface area contributed by atoms with Gasteiger partial charge in [0, 0.05) is 4.47 Å². The molecule has 78 valence electrons. The third-order valence-electron chi connectivity index (χ3n) is 1.65. The monoisotopic (exact) mass is 287 g/mol. The van der Waals surface area contributed by atoms with Gasteiger partial charge in [0.05, 0.1) is 0 Å². The van der Waals surface area contributed by atoms with Crippen LogP contribution in [0.3, 0.4) is 0 Å². The second kappa shape index (κ2) is 4.24. The van der Waals surface area contributed by atoms with Crippen molar-refractivity contribution in [1.82, 2.24) is 4.98 Å². The number of thioether (sulfide) groups is 1. The fraction of sp³-hybridized carbons (Fsp3) is 0.111. The lowest BCUT2D eigenvalue weighted by Crippen LogP contribution is -1.97. The number of oxazole rings is 1. The number of carboxylic acid groups (broad SMARTS) is 1. The normalized spacial score (nSPS) is 10.7. The van der Waals surface area contributed by atoms with Crippen LogP contribution in [0.15, 0.2) is 32.3 Å². The first kappa shape index (κ1) is 10.5. The molecule has 0 unspecified atom stereocenters. The Morgan fingerprint density at radius 3 is 3.13 bits per heavy atom. The van der Waals surface area contributed by atoms with Gasteiger partial charge in [-0.25, -0.2) is 4.98 Å². The molecule has 6 heteroatoms. The highest BCUT2D eigenvalue weighted by molar-refractivity contribution is 9.10. The summed E-state index contributed by atoms with van der Waals surface area (Å²) in [6, 6.07) is 5.47. The Morgan fingerprint density at radius 2 is 2.40 bits per heavy atom. The molecule has 0 saturated carbocycles. The largest absolute Gasteiger partial charge is 0.481 e. The van der Waals surface area contributed by atoms with E-state index < -0.39 is 5.97 Å². The van der Waals surface area contributed by atoms with Crippen LogP contribution in [0, 0.1) is 0 Å². The van der Waals surface area contributed by atoms with Gasteiger partial charge in [-0.15, -0.1) is 0 Å². The first-order valence-corrected chi connectivity index (χ1v) is 5.84. The SMILES string of the molecule is O=C(O)CSc1nc2ccc(Br)cc2o1. The van der Waals surface area contributed by atoms with Gasteiger partial charge in [0.25, 0.3) is 5.22 Å². The van der Waals surface area contributed by atoms with E-state index in [9.17, 15) is 4.79 Å². The number of nitrogens with zero attached hydrogens (tertiary/aromatic N) is 1. The minimum Gasteiger partial charge on any atom is -0.481 e. The lowest BCUT2D eigenvalue weighted by Gasteiger charge is -1.88. The fourth-order valence-electron chi connectivity index (χ4n) is 1.06. The van der Waals surface area contributed by atoms with E-state index in [0.29, 0.717) is 10.8 Å². The number of carboxylic acids is 1. The van der Waals surface area contributed by atoms with E-state index in [1.54, 1.807) is 6.07 Å². The minimum atomic E-state index is -0.886. The van der Waals surface area contributed by atoms with Crippen molar-refractivity contribution in [3.8, 4) is 0 Å².